The van der Waals surface area contributed by atoms with Gasteiger partial charge in [0.1, 0.15) is 5.75 Å². The number of hydrogen-bond donors (Lipinski definition) is 1. The number of anilines is 1. The van der Waals surface area contributed by atoms with Crippen LogP contribution >= 0.6 is 0 Å². The van der Waals surface area contributed by atoms with Crippen LogP contribution in [0.15, 0.2) is 90.0 Å². The number of ether oxygens (including phenoxy) is 1. The standard InChI is InChI=1S/C23H20N2O4S/c1-25(30(27,28)20-7-3-2-4-8-20)18-11-13-19(14-12-18)29-23(26)15-17-16-24-22-10-6-5-9-21(17)22/h2-14,16,24H,15H2,1H3. The third kappa shape index (κ3) is 3.92. The highest BCUT2D eigenvalue weighted by molar-refractivity contribution is 7.92. The predicted octanol–water partition coefficient (Wildman–Crippen LogP) is 4.14. The van der Waals surface area contributed by atoms with Crippen molar-refractivity contribution in [1.82, 2.24) is 4.98 Å². The molecule has 1 aromatic heterocycles. The monoisotopic (exact) mass is 420 g/mol. The summed E-state index contributed by atoms with van der Waals surface area (Å²) in [5.41, 5.74) is 2.29. The quantitative estimate of drug-likeness (QED) is 0.376. The second-order valence-electron chi connectivity index (χ2n) is 6.79. The minimum absolute atomic E-state index is 0.133. The van der Waals surface area contributed by atoms with Crippen molar-refractivity contribution in [3.8, 4) is 5.75 Å². The van der Waals surface area contributed by atoms with Gasteiger partial charge in [-0.1, -0.05) is 36.4 Å². The van der Waals surface area contributed by atoms with Crippen molar-refractivity contribution < 1.29 is 17.9 Å². The van der Waals surface area contributed by atoms with Gasteiger partial charge in [0, 0.05) is 24.1 Å². The molecule has 1 N–H and O–H groups in total. The molecule has 0 unspecified atom stereocenters. The Balaban J connectivity index is 1.45. The van der Waals surface area contributed by atoms with Crippen molar-refractivity contribution in [1.29, 1.82) is 0 Å². The molecule has 0 radical (unpaired) electrons. The minimum Gasteiger partial charge on any atom is -0.426 e. The summed E-state index contributed by atoms with van der Waals surface area (Å²) >= 11 is 0. The molecule has 0 saturated carbocycles. The van der Waals surface area contributed by atoms with Crippen LogP contribution in [-0.2, 0) is 21.2 Å². The lowest BCUT2D eigenvalue weighted by Crippen LogP contribution is -2.26. The molecule has 0 spiro atoms. The average molecular weight is 420 g/mol. The molecule has 0 aliphatic carbocycles. The number of aromatic amines is 1. The van der Waals surface area contributed by atoms with Crippen molar-refractivity contribution in [2.45, 2.75) is 11.3 Å². The van der Waals surface area contributed by atoms with Gasteiger partial charge in [-0.15, -0.1) is 0 Å². The fraction of sp³-hybridized carbons (Fsp3) is 0.0870. The van der Waals surface area contributed by atoms with Crippen molar-refractivity contribution >= 4 is 32.6 Å². The molecule has 0 aliphatic heterocycles. The molecular formula is C23H20N2O4S. The van der Waals surface area contributed by atoms with Gasteiger partial charge in [0.2, 0.25) is 0 Å². The fourth-order valence-corrected chi connectivity index (χ4v) is 4.43. The summed E-state index contributed by atoms with van der Waals surface area (Å²) in [6, 6.07) is 22.3. The van der Waals surface area contributed by atoms with Gasteiger partial charge in [-0.3, -0.25) is 9.10 Å². The highest BCUT2D eigenvalue weighted by Crippen LogP contribution is 2.25. The van der Waals surface area contributed by atoms with Gasteiger partial charge >= 0.3 is 5.97 Å². The highest BCUT2D eigenvalue weighted by atomic mass is 32.2. The summed E-state index contributed by atoms with van der Waals surface area (Å²) in [5, 5.41) is 0.984. The Hall–Kier alpha value is -3.58. The SMILES string of the molecule is CN(c1ccc(OC(=O)Cc2c[nH]c3ccccc23)cc1)S(=O)(=O)c1ccccc1. The van der Waals surface area contributed by atoms with E-state index in [1.54, 1.807) is 60.8 Å². The Bertz CT molecular complexity index is 1280. The summed E-state index contributed by atoms with van der Waals surface area (Å²) in [6.07, 6.45) is 1.94. The number of sulfonamides is 1. The van der Waals surface area contributed by atoms with E-state index in [1.165, 1.54) is 11.4 Å². The van der Waals surface area contributed by atoms with Gasteiger partial charge in [0.15, 0.2) is 0 Å². The van der Waals surface area contributed by atoms with E-state index >= 15 is 0 Å². The third-order valence-corrected chi connectivity index (χ3v) is 6.64. The molecule has 152 valence electrons. The number of esters is 1. The lowest BCUT2D eigenvalue weighted by Gasteiger charge is -2.19. The second-order valence-corrected chi connectivity index (χ2v) is 8.76. The smallest absolute Gasteiger partial charge is 0.315 e. The second kappa shape index (κ2) is 8.04. The van der Waals surface area contributed by atoms with Crippen LogP contribution in [0, 0.1) is 0 Å². The molecule has 30 heavy (non-hydrogen) atoms. The molecule has 3 aromatic carbocycles. The van der Waals surface area contributed by atoms with E-state index in [0.29, 0.717) is 11.4 Å². The zero-order chi connectivity index (χ0) is 21.1. The Morgan fingerprint density at radius 1 is 0.933 bits per heavy atom. The van der Waals surface area contributed by atoms with E-state index < -0.39 is 16.0 Å². The molecule has 4 aromatic rings. The van der Waals surface area contributed by atoms with Crippen LogP contribution in [0.4, 0.5) is 5.69 Å². The molecule has 7 heteroatoms. The summed E-state index contributed by atoms with van der Waals surface area (Å²) < 4.78 is 32.1. The number of benzene rings is 3. The van der Waals surface area contributed by atoms with E-state index in [-0.39, 0.29) is 11.3 Å². The van der Waals surface area contributed by atoms with E-state index in [9.17, 15) is 13.2 Å². The normalized spacial score (nSPS) is 11.4. The van der Waals surface area contributed by atoms with Crippen molar-refractivity contribution in [3.63, 3.8) is 0 Å². The first-order valence-corrected chi connectivity index (χ1v) is 10.8. The molecule has 0 atom stereocenters. The summed E-state index contributed by atoms with van der Waals surface area (Å²) in [6.45, 7) is 0. The number of carbonyl (C=O) groups is 1. The molecule has 6 nitrogen and oxygen atoms in total. The average Bonchev–Trinajstić information content (AvgIpc) is 3.17. The molecule has 0 bridgehead atoms. The zero-order valence-corrected chi connectivity index (χ0v) is 17.1. The van der Waals surface area contributed by atoms with Crippen LogP contribution in [0.5, 0.6) is 5.75 Å². The van der Waals surface area contributed by atoms with Gasteiger partial charge in [-0.05, 0) is 48.0 Å². The third-order valence-electron chi connectivity index (χ3n) is 4.84. The summed E-state index contributed by atoms with van der Waals surface area (Å²) in [5.74, 6) is -0.0353. The number of rotatable bonds is 6. The topological polar surface area (TPSA) is 79.5 Å². The first-order chi connectivity index (χ1) is 14.4. The zero-order valence-electron chi connectivity index (χ0n) is 16.3. The molecule has 0 amide bonds. The van der Waals surface area contributed by atoms with E-state index in [1.807, 2.05) is 24.3 Å². The number of nitrogens with one attached hydrogen (secondary N) is 1. The van der Waals surface area contributed by atoms with E-state index in [0.717, 1.165) is 16.5 Å². The number of nitrogens with zero attached hydrogens (tertiary/aromatic N) is 1. The van der Waals surface area contributed by atoms with Gasteiger partial charge in [0.05, 0.1) is 17.0 Å². The van der Waals surface area contributed by atoms with Crippen molar-refractivity contribution in [3.05, 3.63) is 90.6 Å². The van der Waals surface area contributed by atoms with Gasteiger partial charge in [0.25, 0.3) is 10.0 Å². The Morgan fingerprint density at radius 2 is 1.60 bits per heavy atom. The molecule has 4 rings (SSSR count). The number of H-pyrrole nitrogens is 1. The first-order valence-electron chi connectivity index (χ1n) is 9.35. The molecule has 0 aliphatic rings. The van der Waals surface area contributed by atoms with E-state index in [4.69, 9.17) is 4.74 Å². The summed E-state index contributed by atoms with van der Waals surface area (Å²) in [4.78, 5) is 15.7. The molecule has 1 heterocycles. The van der Waals surface area contributed by atoms with Crippen LogP contribution < -0.4 is 9.04 Å². The van der Waals surface area contributed by atoms with Gasteiger partial charge in [-0.2, -0.15) is 0 Å². The number of fused-ring (bicyclic) bond motifs is 1. The Labute approximate surface area is 174 Å². The van der Waals surface area contributed by atoms with Crippen LogP contribution in [-0.4, -0.2) is 26.4 Å². The lowest BCUT2D eigenvalue weighted by molar-refractivity contribution is -0.133. The number of aromatic nitrogens is 1. The van der Waals surface area contributed by atoms with Crippen LogP contribution in [0.2, 0.25) is 0 Å². The van der Waals surface area contributed by atoms with Gasteiger partial charge < -0.3 is 9.72 Å². The first kappa shape index (κ1) is 19.7. The summed E-state index contributed by atoms with van der Waals surface area (Å²) in [7, 11) is -2.17. The largest absolute Gasteiger partial charge is 0.426 e. The Morgan fingerprint density at radius 3 is 2.33 bits per heavy atom. The predicted molar refractivity (Wildman–Crippen MR) is 116 cm³/mol. The van der Waals surface area contributed by atoms with Crippen LogP contribution in [0.25, 0.3) is 10.9 Å². The van der Waals surface area contributed by atoms with Crippen molar-refractivity contribution in [2.24, 2.45) is 0 Å². The fourth-order valence-electron chi connectivity index (χ4n) is 3.21. The van der Waals surface area contributed by atoms with Gasteiger partial charge in [-0.25, -0.2) is 8.42 Å². The number of para-hydroxylation sites is 1. The highest BCUT2D eigenvalue weighted by Gasteiger charge is 2.21. The van der Waals surface area contributed by atoms with E-state index in [2.05, 4.69) is 4.98 Å². The maximum atomic E-state index is 12.7. The molecule has 0 saturated heterocycles. The number of carbonyl (C=O) groups excluding carboxylic acids is 1. The maximum absolute atomic E-state index is 12.7. The molecule has 0 fully saturated rings. The maximum Gasteiger partial charge on any atom is 0.315 e. The Kier molecular flexibility index (Phi) is 5.29. The van der Waals surface area contributed by atoms with Crippen LogP contribution in [0.1, 0.15) is 5.56 Å². The number of hydrogen-bond acceptors (Lipinski definition) is 4. The van der Waals surface area contributed by atoms with Crippen LogP contribution in [0.3, 0.4) is 0 Å². The van der Waals surface area contributed by atoms with Crippen molar-refractivity contribution in [2.75, 3.05) is 11.4 Å². The molecular weight excluding hydrogens is 400 g/mol. The minimum atomic E-state index is -3.66. The lowest BCUT2D eigenvalue weighted by atomic mass is 10.1.